The second-order valence-corrected chi connectivity index (χ2v) is 11.7. The number of piperazine rings is 1. The van der Waals surface area contributed by atoms with E-state index in [-0.39, 0.29) is 50.2 Å². The van der Waals surface area contributed by atoms with Crippen molar-refractivity contribution in [1.82, 2.24) is 35.1 Å². The molecular formula is C27H37F5N8O3. The summed E-state index contributed by atoms with van der Waals surface area (Å²) in [4.78, 5) is 37.7. The lowest BCUT2D eigenvalue weighted by molar-refractivity contribution is -0.183. The van der Waals surface area contributed by atoms with Crippen molar-refractivity contribution in [2.24, 2.45) is 17.8 Å². The lowest BCUT2D eigenvalue weighted by atomic mass is 9.81. The molecule has 2 amide bonds. The van der Waals surface area contributed by atoms with E-state index in [1.54, 1.807) is 13.3 Å². The van der Waals surface area contributed by atoms with Crippen molar-refractivity contribution in [3.63, 3.8) is 0 Å². The number of methoxy groups -OCH3 is 1. The molecule has 3 atom stereocenters. The highest BCUT2D eigenvalue weighted by Crippen LogP contribution is 2.41. The molecule has 3 unspecified atom stereocenters. The van der Waals surface area contributed by atoms with Gasteiger partial charge in [-0.1, -0.05) is 0 Å². The standard InChI is InChI=1S/C27H37F5N8O3/c1-43-11-10-38-6-8-39(9-7-38)23-20(13-18-12-19(27(30,31)32)14-33-24(18)42)37-40-15-21(35-25(40)36-23)22(34-16-41)17-2-4-26(28,29)5-3-17/h15-19,22H,2-14H2,1H3,(H,33,42)(H,34,41). The number of alkyl halides is 5. The molecule has 2 aliphatic heterocycles. The summed E-state index contributed by atoms with van der Waals surface area (Å²) in [6, 6.07) is -0.634. The van der Waals surface area contributed by atoms with Gasteiger partial charge in [-0.3, -0.25) is 14.5 Å². The number of ether oxygens (including phenoxy) is 1. The normalized spacial score (nSPS) is 24.6. The number of amides is 2. The maximum Gasteiger partial charge on any atom is 0.393 e. The molecule has 2 saturated heterocycles. The van der Waals surface area contributed by atoms with E-state index in [4.69, 9.17) is 9.72 Å². The number of fused-ring (bicyclic) bond motifs is 1. The molecule has 4 heterocycles. The number of hydrogen-bond donors (Lipinski definition) is 2. The number of piperidine rings is 1. The maximum absolute atomic E-state index is 13.8. The Labute approximate surface area is 245 Å². The van der Waals surface area contributed by atoms with Crippen LogP contribution in [0.4, 0.5) is 27.8 Å². The molecule has 0 radical (unpaired) electrons. The summed E-state index contributed by atoms with van der Waals surface area (Å²) in [6.45, 7) is 3.43. The molecular weight excluding hydrogens is 579 g/mol. The average molecular weight is 617 g/mol. The van der Waals surface area contributed by atoms with Crippen molar-refractivity contribution in [1.29, 1.82) is 0 Å². The number of rotatable bonds is 10. The fraction of sp³-hybridized carbons (Fsp3) is 0.741. The fourth-order valence-corrected chi connectivity index (χ4v) is 6.29. The Kier molecular flexibility index (Phi) is 9.34. The topological polar surface area (TPSA) is 117 Å². The van der Waals surface area contributed by atoms with Crippen LogP contribution in [0.1, 0.15) is 49.5 Å². The third-order valence-electron chi connectivity index (χ3n) is 8.83. The van der Waals surface area contributed by atoms with Gasteiger partial charge in [0, 0.05) is 71.6 Å². The van der Waals surface area contributed by atoms with Crippen LogP contribution in [0.5, 0.6) is 0 Å². The summed E-state index contributed by atoms with van der Waals surface area (Å²) in [7, 11) is 1.63. The van der Waals surface area contributed by atoms with Gasteiger partial charge in [-0.25, -0.2) is 18.3 Å². The molecule has 1 aliphatic carbocycles. The molecule has 0 bridgehead atoms. The number of hydrogen-bond acceptors (Lipinski definition) is 8. The lowest BCUT2D eigenvalue weighted by Gasteiger charge is -2.36. The quantitative estimate of drug-likeness (QED) is 0.309. The number of aromatic nitrogens is 4. The average Bonchev–Trinajstić information content (AvgIpc) is 3.38. The largest absolute Gasteiger partial charge is 0.393 e. The summed E-state index contributed by atoms with van der Waals surface area (Å²) in [5.41, 5.74) is 0.768. The van der Waals surface area contributed by atoms with Crippen LogP contribution < -0.4 is 15.5 Å². The molecule has 16 heteroatoms. The number of carbonyl (C=O) groups is 2. The van der Waals surface area contributed by atoms with E-state index < -0.39 is 42.4 Å². The van der Waals surface area contributed by atoms with Gasteiger partial charge in [0.05, 0.1) is 30.5 Å². The SMILES string of the molecule is COCCN1CCN(c2nc3nc(C(NC=O)C4CCC(F)(F)CC4)cn3nc2CC2CC(C(F)(F)F)CNC2=O)CC1. The van der Waals surface area contributed by atoms with Crippen LogP contribution in [0.15, 0.2) is 6.20 Å². The van der Waals surface area contributed by atoms with Crippen molar-refractivity contribution >= 4 is 23.9 Å². The summed E-state index contributed by atoms with van der Waals surface area (Å²) in [6.07, 6.45) is -2.94. The van der Waals surface area contributed by atoms with Crippen molar-refractivity contribution in [3.05, 3.63) is 17.6 Å². The zero-order valence-electron chi connectivity index (χ0n) is 24.0. The van der Waals surface area contributed by atoms with Crippen LogP contribution in [0.25, 0.3) is 5.78 Å². The van der Waals surface area contributed by atoms with E-state index in [0.717, 1.165) is 6.54 Å². The van der Waals surface area contributed by atoms with Gasteiger partial charge in [0.1, 0.15) is 5.69 Å². The Hall–Kier alpha value is -3.14. The van der Waals surface area contributed by atoms with Crippen molar-refractivity contribution in [3.8, 4) is 0 Å². The molecule has 3 aliphatic rings. The summed E-state index contributed by atoms with van der Waals surface area (Å²) < 4.78 is 74.8. The maximum atomic E-state index is 13.8. The zero-order valence-corrected chi connectivity index (χ0v) is 24.0. The second-order valence-electron chi connectivity index (χ2n) is 11.7. The van der Waals surface area contributed by atoms with Crippen LogP contribution in [0.2, 0.25) is 0 Å². The van der Waals surface area contributed by atoms with E-state index in [9.17, 15) is 31.5 Å². The Morgan fingerprint density at radius 1 is 1.19 bits per heavy atom. The minimum atomic E-state index is -4.44. The first-order valence-corrected chi connectivity index (χ1v) is 14.6. The Morgan fingerprint density at radius 2 is 1.91 bits per heavy atom. The van der Waals surface area contributed by atoms with Crippen molar-refractivity contribution in [2.45, 2.75) is 56.7 Å². The summed E-state index contributed by atoms with van der Waals surface area (Å²) >= 11 is 0. The highest BCUT2D eigenvalue weighted by molar-refractivity contribution is 5.80. The van der Waals surface area contributed by atoms with E-state index in [0.29, 0.717) is 56.4 Å². The molecule has 11 nitrogen and oxygen atoms in total. The highest BCUT2D eigenvalue weighted by Gasteiger charge is 2.45. The van der Waals surface area contributed by atoms with E-state index in [2.05, 4.69) is 25.6 Å². The van der Waals surface area contributed by atoms with Gasteiger partial charge >= 0.3 is 6.18 Å². The molecule has 2 aromatic heterocycles. The molecule has 1 saturated carbocycles. The molecule has 5 rings (SSSR count). The van der Waals surface area contributed by atoms with Crippen LogP contribution in [-0.2, 0) is 20.7 Å². The first kappa shape index (κ1) is 31.3. The summed E-state index contributed by atoms with van der Waals surface area (Å²) in [5.74, 6) is -5.43. The van der Waals surface area contributed by atoms with Crippen LogP contribution in [-0.4, -0.2) is 102 Å². The molecule has 43 heavy (non-hydrogen) atoms. The number of carbonyl (C=O) groups excluding carboxylic acids is 2. The van der Waals surface area contributed by atoms with Crippen LogP contribution in [0, 0.1) is 17.8 Å². The first-order valence-electron chi connectivity index (χ1n) is 14.6. The van der Waals surface area contributed by atoms with Crippen LogP contribution in [0.3, 0.4) is 0 Å². The van der Waals surface area contributed by atoms with E-state index >= 15 is 0 Å². The highest BCUT2D eigenvalue weighted by atomic mass is 19.4. The number of nitrogens with zero attached hydrogens (tertiary/aromatic N) is 6. The van der Waals surface area contributed by atoms with Gasteiger partial charge in [0.25, 0.3) is 5.78 Å². The molecule has 238 valence electrons. The van der Waals surface area contributed by atoms with Gasteiger partial charge in [-0.2, -0.15) is 23.3 Å². The summed E-state index contributed by atoms with van der Waals surface area (Å²) in [5, 5.41) is 9.80. The first-order chi connectivity index (χ1) is 20.5. The third-order valence-corrected chi connectivity index (χ3v) is 8.83. The number of anilines is 1. The number of nitrogens with one attached hydrogen (secondary N) is 2. The van der Waals surface area contributed by atoms with E-state index in [1.807, 2.05) is 4.90 Å². The number of halogens is 5. The van der Waals surface area contributed by atoms with Gasteiger partial charge in [0.2, 0.25) is 18.2 Å². The van der Waals surface area contributed by atoms with Crippen molar-refractivity contribution < 1.29 is 36.3 Å². The lowest BCUT2D eigenvalue weighted by Crippen LogP contribution is -2.49. The molecule has 0 spiro atoms. The van der Waals surface area contributed by atoms with Gasteiger partial charge in [-0.05, 0) is 25.2 Å². The third kappa shape index (κ3) is 7.33. The van der Waals surface area contributed by atoms with Crippen LogP contribution >= 0.6 is 0 Å². The minimum absolute atomic E-state index is 0.0538. The second kappa shape index (κ2) is 12.8. The van der Waals surface area contributed by atoms with Gasteiger partial charge in [-0.15, -0.1) is 0 Å². The van der Waals surface area contributed by atoms with E-state index in [1.165, 1.54) is 4.52 Å². The Morgan fingerprint density at radius 3 is 2.56 bits per heavy atom. The predicted octanol–water partition coefficient (Wildman–Crippen LogP) is 2.36. The van der Waals surface area contributed by atoms with Gasteiger partial charge in [0.15, 0.2) is 5.82 Å². The molecule has 2 aromatic rings. The monoisotopic (exact) mass is 616 g/mol. The van der Waals surface area contributed by atoms with Crippen molar-refractivity contribution in [2.75, 3.05) is 57.9 Å². The fourth-order valence-electron chi connectivity index (χ4n) is 6.29. The Balaban J connectivity index is 1.45. The zero-order chi connectivity index (χ0) is 30.8. The molecule has 3 fully saturated rings. The number of imidazole rings is 1. The predicted molar refractivity (Wildman–Crippen MR) is 145 cm³/mol. The minimum Gasteiger partial charge on any atom is -0.383 e. The molecule has 0 aromatic carbocycles. The van der Waals surface area contributed by atoms with Gasteiger partial charge < -0.3 is 20.3 Å². The molecule has 2 N–H and O–H groups in total. The Bertz CT molecular complexity index is 1270. The smallest absolute Gasteiger partial charge is 0.383 e.